The quantitative estimate of drug-likeness (QED) is 0.251. The average Bonchev–Trinajstić information content (AvgIpc) is 3.51. The third-order valence-electron chi connectivity index (χ3n) is 6.22. The van der Waals surface area contributed by atoms with Crippen LogP contribution in [0.3, 0.4) is 0 Å². The molecule has 6 aromatic rings. The predicted octanol–water partition coefficient (Wildman–Crippen LogP) is 6.14. The van der Waals surface area contributed by atoms with Gasteiger partial charge in [0.25, 0.3) is 0 Å². The Kier molecular flexibility index (Phi) is 5.86. The van der Waals surface area contributed by atoms with E-state index in [4.69, 9.17) is 4.98 Å². The van der Waals surface area contributed by atoms with Gasteiger partial charge in [-0.05, 0) is 35.7 Å². The second-order valence-corrected chi connectivity index (χ2v) is 10.6. The summed E-state index contributed by atoms with van der Waals surface area (Å²) in [7, 11) is 0. The molecule has 9 nitrogen and oxygen atoms in total. The first-order chi connectivity index (χ1) is 18.7. The van der Waals surface area contributed by atoms with E-state index in [1.807, 2.05) is 32.9 Å². The van der Waals surface area contributed by atoms with Crippen LogP contribution in [-0.4, -0.2) is 41.0 Å². The summed E-state index contributed by atoms with van der Waals surface area (Å²) in [6, 6.07) is 12.1. The van der Waals surface area contributed by atoms with E-state index >= 15 is 0 Å². The fourth-order valence-electron chi connectivity index (χ4n) is 4.50. The highest BCUT2D eigenvalue weighted by molar-refractivity contribution is 5.96. The second kappa shape index (κ2) is 9.39. The highest BCUT2D eigenvalue weighted by Gasteiger charge is 2.19. The van der Waals surface area contributed by atoms with E-state index in [2.05, 4.69) is 35.5 Å². The van der Waals surface area contributed by atoms with E-state index < -0.39 is 0 Å². The SMILES string of the molecule is CC(C)(C)CC(=O)Nc1cncc(-c2cnc3n[nH]c(-c4nc5c(-c6ccccc6F)nccc5[nH]4)c3c2)c1. The maximum atomic E-state index is 14.5. The van der Waals surface area contributed by atoms with Crippen LogP contribution in [0.5, 0.6) is 0 Å². The van der Waals surface area contributed by atoms with Crippen LogP contribution in [0.25, 0.3) is 56.0 Å². The van der Waals surface area contributed by atoms with Crippen molar-refractivity contribution in [2.24, 2.45) is 5.41 Å². The number of nitrogens with zero attached hydrogens (tertiary/aromatic N) is 5. The van der Waals surface area contributed by atoms with Crippen LogP contribution in [-0.2, 0) is 4.79 Å². The summed E-state index contributed by atoms with van der Waals surface area (Å²) in [5.41, 5.74) is 5.33. The van der Waals surface area contributed by atoms with Crippen molar-refractivity contribution < 1.29 is 9.18 Å². The number of aromatic amines is 2. The third kappa shape index (κ3) is 4.84. The van der Waals surface area contributed by atoms with Crippen LogP contribution in [0.4, 0.5) is 10.1 Å². The Hall–Kier alpha value is -4.99. The Balaban J connectivity index is 1.37. The van der Waals surface area contributed by atoms with Crippen molar-refractivity contribution in [3.8, 4) is 33.9 Å². The standard InChI is InChI=1S/C29H25FN8O/c1-29(2,3)12-23(39)34-18-10-16(13-31-15-18)17-11-20-25(37-38-27(20)33-14-17)28-35-22-8-9-32-24(26(22)36-28)19-6-4-5-7-21(19)30/h4-11,13-15H,12H2,1-3H3,(H,34,39)(H,35,36)(H,33,37,38). The molecular formula is C29H25FN8O. The maximum Gasteiger partial charge on any atom is 0.224 e. The van der Waals surface area contributed by atoms with E-state index in [0.717, 1.165) is 16.5 Å². The average molecular weight is 521 g/mol. The summed E-state index contributed by atoms with van der Waals surface area (Å²) in [6.07, 6.45) is 7.07. The molecule has 5 aromatic heterocycles. The molecule has 1 amide bonds. The molecule has 0 fully saturated rings. The molecule has 0 aliphatic rings. The Labute approximate surface area is 223 Å². The fourth-order valence-corrected chi connectivity index (χ4v) is 4.50. The fraction of sp³-hybridized carbons (Fsp3) is 0.172. The molecule has 1 aromatic carbocycles. The van der Waals surface area contributed by atoms with Crippen molar-refractivity contribution in [1.82, 2.24) is 35.1 Å². The van der Waals surface area contributed by atoms with Crippen LogP contribution in [0.1, 0.15) is 27.2 Å². The first-order valence-electron chi connectivity index (χ1n) is 12.4. The number of anilines is 1. The Morgan fingerprint density at radius 2 is 1.85 bits per heavy atom. The van der Waals surface area contributed by atoms with Gasteiger partial charge in [0.1, 0.15) is 22.7 Å². The highest BCUT2D eigenvalue weighted by Crippen LogP contribution is 2.32. The van der Waals surface area contributed by atoms with Gasteiger partial charge in [0.15, 0.2) is 11.5 Å². The molecule has 39 heavy (non-hydrogen) atoms. The van der Waals surface area contributed by atoms with Gasteiger partial charge >= 0.3 is 0 Å². The zero-order chi connectivity index (χ0) is 27.1. The van der Waals surface area contributed by atoms with Crippen LogP contribution in [0.15, 0.2) is 67.3 Å². The topological polar surface area (TPSA) is 125 Å². The van der Waals surface area contributed by atoms with Crippen molar-refractivity contribution in [2.75, 3.05) is 5.32 Å². The van der Waals surface area contributed by atoms with Crippen molar-refractivity contribution in [3.05, 3.63) is 73.1 Å². The summed E-state index contributed by atoms with van der Waals surface area (Å²) >= 11 is 0. The number of halogens is 1. The van der Waals surface area contributed by atoms with Crippen molar-refractivity contribution in [2.45, 2.75) is 27.2 Å². The molecule has 0 unspecified atom stereocenters. The summed E-state index contributed by atoms with van der Waals surface area (Å²) in [5, 5.41) is 11.0. The highest BCUT2D eigenvalue weighted by atomic mass is 19.1. The van der Waals surface area contributed by atoms with Gasteiger partial charge < -0.3 is 10.3 Å². The van der Waals surface area contributed by atoms with E-state index in [0.29, 0.717) is 51.6 Å². The molecule has 0 aliphatic carbocycles. The first kappa shape index (κ1) is 24.4. The largest absolute Gasteiger partial charge is 0.337 e. The number of pyridine rings is 3. The summed E-state index contributed by atoms with van der Waals surface area (Å²) < 4.78 is 14.5. The maximum absolute atomic E-state index is 14.5. The molecule has 0 spiro atoms. The summed E-state index contributed by atoms with van der Waals surface area (Å²) in [6.45, 7) is 6.05. The molecule has 0 radical (unpaired) electrons. The number of carbonyl (C=O) groups is 1. The number of benzene rings is 1. The third-order valence-corrected chi connectivity index (χ3v) is 6.22. The molecule has 0 saturated carbocycles. The van der Waals surface area contributed by atoms with E-state index in [1.165, 1.54) is 6.07 Å². The molecule has 5 heterocycles. The van der Waals surface area contributed by atoms with Gasteiger partial charge in [-0.3, -0.25) is 19.9 Å². The van der Waals surface area contributed by atoms with Gasteiger partial charge in [-0.15, -0.1) is 0 Å². The number of rotatable bonds is 5. The van der Waals surface area contributed by atoms with Gasteiger partial charge in [0, 0.05) is 41.7 Å². The molecule has 3 N–H and O–H groups in total. The normalized spacial score (nSPS) is 11.8. The number of hydrogen-bond donors (Lipinski definition) is 3. The monoisotopic (exact) mass is 520 g/mol. The smallest absolute Gasteiger partial charge is 0.224 e. The van der Waals surface area contributed by atoms with Gasteiger partial charge in [-0.2, -0.15) is 5.10 Å². The number of H-pyrrole nitrogens is 2. The molecule has 0 saturated heterocycles. The lowest BCUT2D eigenvalue weighted by Gasteiger charge is -2.17. The lowest BCUT2D eigenvalue weighted by molar-refractivity contribution is -0.117. The van der Waals surface area contributed by atoms with Gasteiger partial charge in [0.05, 0.1) is 22.8 Å². The molecule has 194 valence electrons. The molecule has 0 bridgehead atoms. The Morgan fingerprint density at radius 3 is 2.67 bits per heavy atom. The minimum absolute atomic E-state index is 0.0683. The van der Waals surface area contributed by atoms with Crippen LogP contribution < -0.4 is 5.32 Å². The number of aromatic nitrogens is 7. The Bertz CT molecular complexity index is 1850. The second-order valence-electron chi connectivity index (χ2n) is 10.6. The van der Waals surface area contributed by atoms with E-state index in [-0.39, 0.29) is 17.1 Å². The minimum Gasteiger partial charge on any atom is -0.337 e. The predicted molar refractivity (Wildman–Crippen MR) is 148 cm³/mol. The van der Waals surface area contributed by atoms with Crippen LogP contribution in [0.2, 0.25) is 0 Å². The van der Waals surface area contributed by atoms with E-state index in [1.54, 1.807) is 49.1 Å². The number of carbonyl (C=O) groups excluding carboxylic acids is 1. The number of amides is 1. The van der Waals surface area contributed by atoms with Gasteiger partial charge in [-0.25, -0.2) is 14.4 Å². The van der Waals surface area contributed by atoms with Crippen molar-refractivity contribution >= 4 is 33.7 Å². The minimum atomic E-state index is -0.367. The first-order valence-corrected chi connectivity index (χ1v) is 12.4. The molecule has 6 rings (SSSR count). The van der Waals surface area contributed by atoms with Crippen molar-refractivity contribution in [1.29, 1.82) is 0 Å². The summed E-state index contributed by atoms with van der Waals surface area (Å²) in [5.74, 6) is 0.0907. The van der Waals surface area contributed by atoms with Gasteiger partial charge in [-0.1, -0.05) is 32.9 Å². The molecule has 0 atom stereocenters. The lowest BCUT2D eigenvalue weighted by atomic mass is 9.92. The lowest BCUT2D eigenvalue weighted by Crippen LogP contribution is -2.19. The Morgan fingerprint density at radius 1 is 1.03 bits per heavy atom. The molecular weight excluding hydrogens is 495 g/mol. The number of fused-ring (bicyclic) bond motifs is 2. The zero-order valence-electron chi connectivity index (χ0n) is 21.6. The van der Waals surface area contributed by atoms with Crippen LogP contribution >= 0.6 is 0 Å². The molecule has 0 aliphatic heterocycles. The zero-order valence-corrected chi connectivity index (χ0v) is 21.6. The van der Waals surface area contributed by atoms with Crippen LogP contribution in [0, 0.1) is 11.2 Å². The van der Waals surface area contributed by atoms with Gasteiger partial charge in [0.2, 0.25) is 5.91 Å². The number of nitrogens with one attached hydrogen (secondary N) is 3. The van der Waals surface area contributed by atoms with Crippen molar-refractivity contribution in [3.63, 3.8) is 0 Å². The van der Waals surface area contributed by atoms with E-state index in [9.17, 15) is 9.18 Å². The number of imidazole rings is 1. The molecule has 10 heteroatoms. The summed E-state index contributed by atoms with van der Waals surface area (Å²) in [4.78, 5) is 33.7. The number of hydrogen-bond acceptors (Lipinski definition) is 6.